The minimum absolute atomic E-state index is 0.0695. The van der Waals surface area contributed by atoms with E-state index >= 15 is 0 Å². The van der Waals surface area contributed by atoms with E-state index in [9.17, 15) is 10.1 Å². The molecule has 0 bridgehead atoms. The molecule has 0 amide bonds. The van der Waals surface area contributed by atoms with E-state index in [0.717, 1.165) is 27.2 Å². The van der Waals surface area contributed by atoms with E-state index in [1.54, 1.807) is 12.1 Å². The third-order valence-corrected chi connectivity index (χ3v) is 3.93. The average Bonchev–Trinajstić information content (AvgIpc) is 2.53. The Kier molecular flexibility index (Phi) is 2.56. The van der Waals surface area contributed by atoms with Gasteiger partial charge in [-0.3, -0.25) is 10.1 Å². The lowest BCUT2D eigenvalue weighted by atomic mass is 10.0. The molecule has 0 spiro atoms. The van der Waals surface area contributed by atoms with Crippen molar-refractivity contribution in [1.29, 1.82) is 0 Å². The normalized spacial score (nSPS) is 11.3. The number of benzene rings is 2. The first kappa shape index (κ1) is 12.6. The molecule has 0 aliphatic rings. The molecule has 4 rings (SSSR count). The molecule has 0 aliphatic carbocycles. The minimum atomic E-state index is -0.394. The molecule has 0 N–H and O–H groups in total. The van der Waals surface area contributed by atoms with Crippen molar-refractivity contribution >= 4 is 38.5 Å². The average molecular weight is 289 g/mol. The molecule has 0 fully saturated rings. The maximum absolute atomic E-state index is 10.9. The highest BCUT2D eigenvalue weighted by molar-refractivity contribution is 6.00. The predicted octanol–water partition coefficient (Wildman–Crippen LogP) is 4.15. The van der Waals surface area contributed by atoms with E-state index in [2.05, 4.69) is 9.97 Å². The number of para-hydroxylation sites is 1. The Morgan fingerprint density at radius 1 is 0.955 bits per heavy atom. The number of pyridine rings is 2. The fourth-order valence-electron chi connectivity index (χ4n) is 2.78. The number of fused-ring (bicyclic) bond motifs is 3. The van der Waals surface area contributed by atoms with Gasteiger partial charge in [-0.2, -0.15) is 0 Å². The van der Waals surface area contributed by atoms with Crippen LogP contribution in [0, 0.1) is 17.0 Å². The smallest absolute Gasteiger partial charge is 0.258 e. The van der Waals surface area contributed by atoms with Crippen molar-refractivity contribution in [3.8, 4) is 0 Å². The molecule has 22 heavy (non-hydrogen) atoms. The van der Waals surface area contributed by atoms with Gasteiger partial charge in [-0.1, -0.05) is 18.2 Å². The van der Waals surface area contributed by atoms with E-state index in [-0.39, 0.29) is 5.69 Å². The summed E-state index contributed by atoms with van der Waals surface area (Å²) in [4.78, 5) is 19.7. The van der Waals surface area contributed by atoms with Crippen LogP contribution in [-0.4, -0.2) is 14.9 Å². The molecule has 0 atom stereocenters. The van der Waals surface area contributed by atoms with Gasteiger partial charge in [0, 0.05) is 28.3 Å². The van der Waals surface area contributed by atoms with Gasteiger partial charge >= 0.3 is 0 Å². The van der Waals surface area contributed by atoms with Gasteiger partial charge in [-0.25, -0.2) is 9.97 Å². The first-order valence-electron chi connectivity index (χ1n) is 6.88. The lowest BCUT2D eigenvalue weighted by molar-refractivity contribution is -0.384. The number of non-ortho nitro benzene ring substituents is 1. The number of hydrogen-bond acceptors (Lipinski definition) is 4. The van der Waals surface area contributed by atoms with Gasteiger partial charge < -0.3 is 0 Å². The number of nitro groups is 1. The Balaban J connectivity index is 2.13. The van der Waals surface area contributed by atoms with Crippen LogP contribution in [0.2, 0.25) is 0 Å². The van der Waals surface area contributed by atoms with Crippen LogP contribution in [0.1, 0.15) is 5.56 Å². The van der Waals surface area contributed by atoms with E-state index in [1.165, 1.54) is 6.07 Å². The molecule has 5 heteroatoms. The first-order valence-corrected chi connectivity index (χ1v) is 6.88. The van der Waals surface area contributed by atoms with Crippen LogP contribution in [0.15, 0.2) is 48.5 Å². The van der Waals surface area contributed by atoms with Crippen molar-refractivity contribution in [2.75, 3.05) is 0 Å². The van der Waals surface area contributed by atoms with Gasteiger partial charge in [0.15, 0.2) is 5.65 Å². The largest absolute Gasteiger partial charge is 0.270 e. The second-order valence-corrected chi connectivity index (χ2v) is 5.25. The minimum Gasteiger partial charge on any atom is -0.258 e. The topological polar surface area (TPSA) is 68.9 Å². The molecule has 4 aromatic rings. The Morgan fingerprint density at radius 3 is 2.55 bits per heavy atom. The molecule has 5 nitrogen and oxygen atoms in total. The molecule has 2 heterocycles. The monoisotopic (exact) mass is 289 g/mol. The molecule has 2 aromatic carbocycles. The summed E-state index contributed by atoms with van der Waals surface area (Å²) in [5.41, 5.74) is 3.43. The van der Waals surface area contributed by atoms with Crippen LogP contribution in [0.4, 0.5) is 5.69 Å². The van der Waals surface area contributed by atoms with Crippen molar-refractivity contribution in [3.05, 3.63) is 64.2 Å². The maximum Gasteiger partial charge on any atom is 0.270 e. The Labute approximate surface area is 125 Å². The van der Waals surface area contributed by atoms with Gasteiger partial charge in [0.2, 0.25) is 0 Å². The summed E-state index contributed by atoms with van der Waals surface area (Å²) in [6.07, 6.45) is 0. The number of hydrogen-bond donors (Lipinski definition) is 0. The number of aromatic nitrogens is 2. The molecule has 106 valence electrons. The maximum atomic E-state index is 10.9. The summed E-state index contributed by atoms with van der Waals surface area (Å²) in [6.45, 7) is 2.03. The van der Waals surface area contributed by atoms with Crippen LogP contribution in [0.25, 0.3) is 32.8 Å². The molecule has 0 aliphatic heterocycles. The number of nitro benzene ring substituents is 1. The number of aryl methyl sites for hydroxylation is 1. The van der Waals surface area contributed by atoms with Crippen molar-refractivity contribution < 1.29 is 4.92 Å². The van der Waals surface area contributed by atoms with E-state index in [4.69, 9.17) is 0 Å². The predicted molar refractivity (Wildman–Crippen MR) is 85.9 cm³/mol. The Hall–Kier alpha value is -3.08. The molecular formula is C17H11N3O2. The van der Waals surface area contributed by atoms with Crippen LogP contribution < -0.4 is 0 Å². The SMILES string of the molecule is Cc1c2ccccc2nc2nc3ccc([N+](=O)[O-])cc3cc12. The van der Waals surface area contributed by atoms with E-state index < -0.39 is 4.92 Å². The number of rotatable bonds is 1. The second kappa shape index (κ2) is 4.46. The van der Waals surface area contributed by atoms with Crippen LogP contribution >= 0.6 is 0 Å². The van der Waals surface area contributed by atoms with Crippen LogP contribution in [-0.2, 0) is 0 Å². The lowest BCUT2D eigenvalue weighted by Crippen LogP contribution is -1.93. The number of nitrogens with zero attached hydrogens (tertiary/aromatic N) is 3. The van der Waals surface area contributed by atoms with Gasteiger partial charge in [0.05, 0.1) is 16.0 Å². The zero-order chi connectivity index (χ0) is 15.3. The third-order valence-electron chi connectivity index (χ3n) is 3.93. The highest BCUT2D eigenvalue weighted by Gasteiger charge is 2.11. The molecule has 0 saturated heterocycles. The summed E-state index contributed by atoms with van der Waals surface area (Å²) in [5.74, 6) is 0. The fourth-order valence-corrected chi connectivity index (χ4v) is 2.78. The Bertz CT molecular complexity index is 1070. The zero-order valence-electron chi connectivity index (χ0n) is 11.8. The molecule has 0 unspecified atom stereocenters. The lowest BCUT2D eigenvalue weighted by Gasteiger charge is -2.07. The fraction of sp³-hybridized carbons (Fsp3) is 0.0588. The van der Waals surface area contributed by atoms with E-state index in [0.29, 0.717) is 11.2 Å². The second-order valence-electron chi connectivity index (χ2n) is 5.25. The quantitative estimate of drug-likeness (QED) is 0.300. The summed E-state index contributed by atoms with van der Waals surface area (Å²) < 4.78 is 0. The van der Waals surface area contributed by atoms with Gasteiger partial charge in [-0.15, -0.1) is 0 Å². The van der Waals surface area contributed by atoms with Crippen molar-refractivity contribution in [2.45, 2.75) is 6.92 Å². The van der Waals surface area contributed by atoms with Gasteiger partial charge in [0.25, 0.3) is 5.69 Å². The third kappa shape index (κ3) is 1.79. The Morgan fingerprint density at radius 2 is 1.73 bits per heavy atom. The van der Waals surface area contributed by atoms with Crippen molar-refractivity contribution in [3.63, 3.8) is 0 Å². The first-order chi connectivity index (χ1) is 10.6. The molecule has 0 radical (unpaired) electrons. The zero-order valence-corrected chi connectivity index (χ0v) is 11.8. The van der Waals surface area contributed by atoms with Gasteiger partial charge in [0.1, 0.15) is 0 Å². The molecule has 0 saturated carbocycles. The summed E-state index contributed by atoms with van der Waals surface area (Å²) >= 11 is 0. The standard InChI is InChI=1S/C17H11N3O2/c1-10-13-4-2-3-5-16(13)19-17-14(10)9-11-8-12(20(21)22)6-7-15(11)18-17/h2-9H,1H3. The van der Waals surface area contributed by atoms with Crippen LogP contribution in [0.5, 0.6) is 0 Å². The molecule has 2 aromatic heterocycles. The summed E-state index contributed by atoms with van der Waals surface area (Å²) in [6, 6.07) is 14.5. The highest BCUT2D eigenvalue weighted by atomic mass is 16.6. The van der Waals surface area contributed by atoms with Crippen molar-refractivity contribution in [1.82, 2.24) is 9.97 Å². The van der Waals surface area contributed by atoms with E-state index in [1.807, 2.05) is 37.3 Å². The van der Waals surface area contributed by atoms with Crippen molar-refractivity contribution in [2.24, 2.45) is 0 Å². The molecular weight excluding hydrogens is 278 g/mol. The summed E-state index contributed by atoms with van der Waals surface area (Å²) in [7, 11) is 0. The highest BCUT2D eigenvalue weighted by Crippen LogP contribution is 2.28. The summed E-state index contributed by atoms with van der Waals surface area (Å²) in [5, 5.41) is 13.7. The van der Waals surface area contributed by atoms with Crippen LogP contribution in [0.3, 0.4) is 0 Å². The van der Waals surface area contributed by atoms with Gasteiger partial charge in [-0.05, 0) is 30.7 Å².